The molecule has 1 aliphatic heterocycles. The number of hydrogen-bond donors (Lipinski definition) is 1. The lowest BCUT2D eigenvalue weighted by atomic mass is 9.97. The molecule has 2 rings (SSSR count). The van der Waals surface area contributed by atoms with E-state index in [4.69, 9.17) is 4.74 Å². The van der Waals surface area contributed by atoms with Crippen molar-refractivity contribution < 1.29 is 4.74 Å². The van der Waals surface area contributed by atoms with Gasteiger partial charge < -0.3 is 19.5 Å². The third kappa shape index (κ3) is 4.21. The number of ether oxygens (including phenoxy) is 1. The number of nitrogens with one attached hydrogen (secondary N) is 1. The maximum Gasteiger partial charge on any atom is 0.203 e. The molecule has 1 aromatic rings. The van der Waals surface area contributed by atoms with Crippen molar-refractivity contribution in [3.63, 3.8) is 0 Å². The van der Waals surface area contributed by atoms with Crippen LogP contribution in [0, 0.1) is 12.8 Å². The molecular formula is C15H28N4O. The first-order valence-electron chi connectivity index (χ1n) is 7.71. The summed E-state index contributed by atoms with van der Waals surface area (Å²) in [6.45, 7) is 10.5. The first kappa shape index (κ1) is 15.3. The van der Waals surface area contributed by atoms with Crippen molar-refractivity contribution in [2.45, 2.75) is 33.2 Å². The molecule has 0 aromatic carbocycles. The van der Waals surface area contributed by atoms with Crippen LogP contribution in [0.2, 0.25) is 0 Å². The second-order valence-electron chi connectivity index (χ2n) is 5.66. The summed E-state index contributed by atoms with van der Waals surface area (Å²) in [6.07, 6.45) is 4.74. The van der Waals surface area contributed by atoms with E-state index < -0.39 is 0 Å². The molecule has 5 nitrogen and oxygen atoms in total. The minimum atomic E-state index is 0.709. The van der Waals surface area contributed by atoms with Gasteiger partial charge in [-0.3, -0.25) is 0 Å². The SMILES string of the molecule is CCN1CCC(Cn2cc(C)nc2NCCOC)CC1. The van der Waals surface area contributed by atoms with Crippen LogP contribution in [0.4, 0.5) is 5.95 Å². The van der Waals surface area contributed by atoms with E-state index in [1.165, 1.54) is 32.5 Å². The molecule has 1 fully saturated rings. The fourth-order valence-electron chi connectivity index (χ4n) is 2.86. The van der Waals surface area contributed by atoms with Crippen molar-refractivity contribution in [3.05, 3.63) is 11.9 Å². The Balaban J connectivity index is 1.88. The molecule has 1 N–H and O–H groups in total. The van der Waals surface area contributed by atoms with Gasteiger partial charge in [0.2, 0.25) is 5.95 Å². The molecule has 0 aliphatic carbocycles. The molecule has 0 saturated carbocycles. The number of imidazole rings is 1. The van der Waals surface area contributed by atoms with Crippen molar-refractivity contribution in [3.8, 4) is 0 Å². The molecule has 0 spiro atoms. The summed E-state index contributed by atoms with van der Waals surface area (Å²) in [7, 11) is 1.72. The summed E-state index contributed by atoms with van der Waals surface area (Å²) in [6, 6.07) is 0. The number of aryl methyl sites for hydroxylation is 1. The summed E-state index contributed by atoms with van der Waals surface area (Å²) in [5.74, 6) is 1.76. The lowest BCUT2D eigenvalue weighted by Crippen LogP contribution is -2.34. The van der Waals surface area contributed by atoms with Gasteiger partial charge in [-0.15, -0.1) is 0 Å². The van der Waals surface area contributed by atoms with Gasteiger partial charge >= 0.3 is 0 Å². The zero-order valence-corrected chi connectivity index (χ0v) is 13.1. The lowest BCUT2D eigenvalue weighted by molar-refractivity contribution is 0.181. The molecule has 1 aliphatic rings. The lowest BCUT2D eigenvalue weighted by Gasteiger charge is -2.31. The Morgan fingerprint density at radius 1 is 1.40 bits per heavy atom. The fourth-order valence-corrected chi connectivity index (χ4v) is 2.86. The molecule has 2 heterocycles. The monoisotopic (exact) mass is 280 g/mol. The van der Waals surface area contributed by atoms with Crippen LogP contribution >= 0.6 is 0 Å². The van der Waals surface area contributed by atoms with Gasteiger partial charge in [0.15, 0.2) is 0 Å². The molecule has 0 unspecified atom stereocenters. The minimum Gasteiger partial charge on any atom is -0.383 e. The number of hydrogen-bond acceptors (Lipinski definition) is 4. The zero-order chi connectivity index (χ0) is 14.4. The quantitative estimate of drug-likeness (QED) is 0.776. The van der Waals surface area contributed by atoms with Crippen molar-refractivity contribution in [2.75, 3.05) is 45.2 Å². The number of aromatic nitrogens is 2. The highest BCUT2D eigenvalue weighted by Crippen LogP contribution is 2.21. The van der Waals surface area contributed by atoms with E-state index in [-0.39, 0.29) is 0 Å². The minimum absolute atomic E-state index is 0.709. The predicted molar refractivity (Wildman–Crippen MR) is 82.2 cm³/mol. The number of nitrogens with zero attached hydrogens (tertiary/aromatic N) is 3. The van der Waals surface area contributed by atoms with Crippen LogP contribution in [-0.4, -0.2) is 54.3 Å². The average Bonchev–Trinajstić information content (AvgIpc) is 2.80. The third-order valence-electron chi connectivity index (χ3n) is 4.10. The number of rotatable bonds is 7. The first-order chi connectivity index (χ1) is 9.72. The number of anilines is 1. The summed E-state index contributed by atoms with van der Waals surface area (Å²) in [5.41, 5.74) is 1.08. The summed E-state index contributed by atoms with van der Waals surface area (Å²) < 4.78 is 7.35. The van der Waals surface area contributed by atoms with Crippen LogP contribution in [0.15, 0.2) is 6.20 Å². The molecule has 1 aromatic heterocycles. The Labute approximate surface area is 122 Å². The maximum atomic E-state index is 5.08. The summed E-state index contributed by atoms with van der Waals surface area (Å²) >= 11 is 0. The Hall–Kier alpha value is -1.07. The van der Waals surface area contributed by atoms with Gasteiger partial charge in [0.25, 0.3) is 0 Å². The number of likely N-dealkylation sites (tertiary alicyclic amines) is 1. The van der Waals surface area contributed by atoms with E-state index in [0.717, 1.165) is 30.6 Å². The average molecular weight is 280 g/mol. The molecular weight excluding hydrogens is 252 g/mol. The van der Waals surface area contributed by atoms with Crippen LogP contribution in [-0.2, 0) is 11.3 Å². The van der Waals surface area contributed by atoms with Crippen LogP contribution in [0.5, 0.6) is 0 Å². The first-order valence-corrected chi connectivity index (χ1v) is 7.71. The fraction of sp³-hybridized carbons (Fsp3) is 0.800. The number of piperidine rings is 1. The predicted octanol–water partition coefficient (Wildman–Crippen LogP) is 1.98. The van der Waals surface area contributed by atoms with Gasteiger partial charge in [0, 0.05) is 26.4 Å². The third-order valence-corrected chi connectivity index (χ3v) is 4.10. The van der Waals surface area contributed by atoms with Gasteiger partial charge in [0.05, 0.1) is 12.3 Å². The Morgan fingerprint density at radius 2 is 2.15 bits per heavy atom. The largest absolute Gasteiger partial charge is 0.383 e. The standard InChI is InChI=1S/C15H28N4O/c1-4-18-8-5-14(6-9-18)12-19-11-13(2)17-15(19)16-7-10-20-3/h11,14H,4-10,12H2,1-3H3,(H,16,17). The van der Waals surface area contributed by atoms with Crippen LogP contribution < -0.4 is 5.32 Å². The number of methoxy groups -OCH3 is 1. The topological polar surface area (TPSA) is 42.3 Å². The second-order valence-corrected chi connectivity index (χ2v) is 5.66. The van der Waals surface area contributed by atoms with Crippen LogP contribution in [0.1, 0.15) is 25.5 Å². The second kappa shape index (κ2) is 7.64. The molecule has 1 saturated heterocycles. The van der Waals surface area contributed by atoms with E-state index in [1.54, 1.807) is 7.11 Å². The summed E-state index contributed by atoms with van der Waals surface area (Å²) in [5, 5.41) is 3.36. The highest BCUT2D eigenvalue weighted by Gasteiger charge is 2.19. The van der Waals surface area contributed by atoms with Crippen LogP contribution in [0.3, 0.4) is 0 Å². The van der Waals surface area contributed by atoms with Crippen molar-refractivity contribution in [1.29, 1.82) is 0 Å². The van der Waals surface area contributed by atoms with Crippen molar-refractivity contribution in [1.82, 2.24) is 14.5 Å². The molecule has 20 heavy (non-hydrogen) atoms. The van der Waals surface area contributed by atoms with Crippen molar-refractivity contribution in [2.24, 2.45) is 5.92 Å². The molecule has 0 atom stereocenters. The van der Waals surface area contributed by atoms with Gasteiger partial charge in [-0.05, 0) is 45.3 Å². The summed E-state index contributed by atoms with van der Waals surface area (Å²) in [4.78, 5) is 7.10. The van der Waals surface area contributed by atoms with Gasteiger partial charge in [-0.2, -0.15) is 0 Å². The highest BCUT2D eigenvalue weighted by molar-refractivity contribution is 5.28. The van der Waals surface area contributed by atoms with Gasteiger partial charge in [-0.1, -0.05) is 6.92 Å². The van der Waals surface area contributed by atoms with E-state index in [0.29, 0.717) is 6.61 Å². The maximum absolute atomic E-state index is 5.08. The smallest absolute Gasteiger partial charge is 0.203 e. The molecule has 0 radical (unpaired) electrons. The normalized spacial score (nSPS) is 17.6. The van der Waals surface area contributed by atoms with E-state index in [9.17, 15) is 0 Å². The van der Waals surface area contributed by atoms with E-state index in [2.05, 4.69) is 39.8 Å². The van der Waals surface area contributed by atoms with E-state index >= 15 is 0 Å². The Kier molecular flexibility index (Phi) is 5.86. The van der Waals surface area contributed by atoms with Gasteiger partial charge in [-0.25, -0.2) is 4.98 Å². The molecule has 114 valence electrons. The van der Waals surface area contributed by atoms with Crippen LogP contribution in [0.25, 0.3) is 0 Å². The molecule has 0 amide bonds. The Morgan fingerprint density at radius 3 is 2.80 bits per heavy atom. The Bertz CT molecular complexity index is 397. The van der Waals surface area contributed by atoms with Gasteiger partial charge in [0.1, 0.15) is 0 Å². The van der Waals surface area contributed by atoms with Crippen molar-refractivity contribution >= 4 is 5.95 Å². The highest BCUT2D eigenvalue weighted by atomic mass is 16.5. The molecule has 5 heteroatoms. The zero-order valence-electron chi connectivity index (χ0n) is 13.1. The molecule has 0 bridgehead atoms. The van der Waals surface area contributed by atoms with E-state index in [1.807, 2.05) is 0 Å².